The molecule has 0 aromatic rings. The first-order valence-corrected chi connectivity index (χ1v) is 28.1. The highest BCUT2D eigenvalue weighted by Crippen LogP contribution is 2.23. The summed E-state index contributed by atoms with van der Waals surface area (Å²) in [5, 5.41) is 54.4. The molecule has 7 atom stereocenters. The fourth-order valence-electron chi connectivity index (χ4n) is 9.06. The second kappa shape index (κ2) is 46.4. The van der Waals surface area contributed by atoms with Crippen LogP contribution in [0.25, 0.3) is 0 Å². The molecule has 1 aliphatic heterocycles. The fraction of sp³-hybridized carbons (Fsp3) is 0.911. The van der Waals surface area contributed by atoms with Gasteiger partial charge in [-0.15, -0.1) is 0 Å². The molecule has 0 bridgehead atoms. The van der Waals surface area contributed by atoms with Gasteiger partial charge in [-0.25, -0.2) is 0 Å². The number of aliphatic hydroxyl groups is 5. The predicted molar refractivity (Wildman–Crippen MR) is 272 cm³/mol. The third-order valence-electron chi connectivity index (χ3n) is 13.5. The second-order valence-corrected chi connectivity index (χ2v) is 19.7. The Morgan fingerprint density at radius 1 is 0.508 bits per heavy atom. The van der Waals surface area contributed by atoms with Crippen LogP contribution in [-0.4, -0.2) is 87.5 Å². The summed E-state index contributed by atoms with van der Waals surface area (Å²) in [5.41, 5.74) is 0. The van der Waals surface area contributed by atoms with Crippen molar-refractivity contribution in [1.82, 2.24) is 5.32 Å². The highest BCUT2D eigenvalue weighted by Gasteiger charge is 2.44. The summed E-state index contributed by atoms with van der Waals surface area (Å²) in [6, 6.07) is -0.818. The number of unbranched alkanes of at least 4 members (excludes halogenated alkanes) is 36. The largest absolute Gasteiger partial charge is 0.394 e. The molecule has 0 saturated carbocycles. The molecule has 9 nitrogen and oxygen atoms in total. The first kappa shape index (κ1) is 61.7. The van der Waals surface area contributed by atoms with Crippen LogP contribution in [0, 0.1) is 0 Å². The first-order chi connectivity index (χ1) is 31.8. The van der Waals surface area contributed by atoms with E-state index in [1.54, 1.807) is 6.08 Å². The zero-order valence-corrected chi connectivity index (χ0v) is 42.5. The Morgan fingerprint density at radius 3 is 1.29 bits per heavy atom. The molecule has 7 unspecified atom stereocenters. The lowest BCUT2D eigenvalue weighted by Gasteiger charge is -2.40. The number of hydrogen-bond acceptors (Lipinski definition) is 8. The van der Waals surface area contributed by atoms with E-state index < -0.39 is 49.5 Å². The summed E-state index contributed by atoms with van der Waals surface area (Å²) in [4.78, 5) is 13.0. The molecule has 65 heavy (non-hydrogen) atoms. The van der Waals surface area contributed by atoms with Gasteiger partial charge >= 0.3 is 0 Å². The smallest absolute Gasteiger partial charge is 0.220 e. The molecule has 384 valence electrons. The highest BCUT2D eigenvalue weighted by atomic mass is 16.7. The van der Waals surface area contributed by atoms with Gasteiger partial charge in [0.25, 0.3) is 0 Å². The van der Waals surface area contributed by atoms with Crippen molar-refractivity contribution in [2.45, 2.75) is 314 Å². The Balaban J connectivity index is 2.24. The standard InChI is InChI=1S/C56H107NO8/c1-3-5-7-9-11-13-15-17-19-21-22-23-24-25-26-27-28-29-30-31-33-35-37-39-41-43-45-50(59)49(48-64-56-55(63)54(62)53(61)51(47-58)65-56)57-52(60)46-44-42-40-38-36-34-32-20-18-16-14-12-10-8-6-4-2/h35,37,43,45,49-51,53-56,58-59,61-63H,3-34,36,38-42,44,46-48H2,1-2H3,(H,57,60)/b37-35+,45-43+. The van der Waals surface area contributed by atoms with Crippen LogP contribution >= 0.6 is 0 Å². The summed E-state index contributed by atoms with van der Waals surface area (Å²) in [6.07, 6.45) is 51.0. The van der Waals surface area contributed by atoms with Gasteiger partial charge in [0.2, 0.25) is 5.91 Å². The lowest BCUT2D eigenvalue weighted by molar-refractivity contribution is -0.302. The van der Waals surface area contributed by atoms with E-state index in [4.69, 9.17) is 9.47 Å². The minimum Gasteiger partial charge on any atom is -0.394 e. The molecule has 1 heterocycles. The molecule has 1 rings (SSSR count). The molecular weight excluding hydrogens is 815 g/mol. The predicted octanol–water partition coefficient (Wildman–Crippen LogP) is 13.4. The van der Waals surface area contributed by atoms with E-state index in [1.165, 1.54) is 212 Å². The maximum Gasteiger partial charge on any atom is 0.220 e. The third kappa shape index (κ3) is 36.3. The van der Waals surface area contributed by atoms with E-state index in [0.717, 1.165) is 38.5 Å². The number of allylic oxidation sites excluding steroid dienone is 3. The van der Waals surface area contributed by atoms with Gasteiger partial charge in [0.1, 0.15) is 24.4 Å². The zero-order valence-electron chi connectivity index (χ0n) is 42.5. The van der Waals surface area contributed by atoms with E-state index in [-0.39, 0.29) is 12.5 Å². The number of ether oxygens (including phenoxy) is 2. The second-order valence-electron chi connectivity index (χ2n) is 19.7. The summed E-state index contributed by atoms with van der Waals surface area (Å²) in [5.74, 6) is -0.182. The van der Waals surface area contributed by atoms with Gasteiger partial charge in [-0.2, -0.15) is 0 Å². The van der Waals surface area contributed by atoms with Crippen LogP contribution in [0.5, 0.6) is 0 Å². The molecule has 0 spiro atoms. The summed E-state index contributed by atoms with van der Waals surface area (Å²) >= 11 is 0. The number of carbonyl (C=O) groups excluding carboxylic acids is 1. The molecule has 0 aliphatic carbocycles. The Hall–Kier alpha value is -1.33. The first-order valence-electron chi connectivity index (χ1n) is 28.1. The van der Waals surface area contributed by atoms with Crippen LogP contribution in [-0.2, 0) is 14.3 Å². The number of carbonyl (C=O) groups is 1. The van der Waals surface area contributed by atoms with Gasteiger partial charge in [-0.05, 0) is 32.1 Å². The maximum atomic E-state index is 13.0. The van der Waals surface area contributed by atoms with Crippen molar-refractivity contribution in [1.29, 1.82) is 0 Å². The minimum atomic E-state index is -1.57. The van der Waals surface area contributed by atoms with Crippen LogP contribution in [0.4, 0.5) is 0 Å². The quantitative estimate of drug-likeness (QED) is 0.0261. The van der Waals surface area contributed by atoms with E-state index in [9.17, 15) is 30.3 Å². The van der Waals surface area contributed by atoms with Crippen LogP contribution in [0.3, 0.4) is 0 Å². The highest BCUT2D eigenvalue weighted by molar-refractivity contribution is 5.76. The van der Waals surface area contributed by atoms with Crippen LogP contribution in [0.1, 0.15) is 271 Å². The van der Waals surface area contributed by atoms with Gasteiger partial charge in [-0.1, -0.05) is 256 Å². The normalized spacial score (nSPS) is 20.0. The van der Waals surface area contributed by atoms with E-state index in [0.29, 0.717) is 6.42 Å². The molecule has 9 heteroatoms. The summed E-state index contributed by atoms with van der Waals surface area (Å²) in [7, 11) is 0. The molecule has 1 aliphatic rings. The molecule has 0 aromatic heterocycles. The summed E-state index contributed by atoms with van der Waals surface area (Å²) < 4.78 is 11.2. The van der Waals surface area contributed by atoms with Crippen molar-refractivity contribution in [3.63, 3.8) is 0 Å². The van der Waals surface area contributed by atoms with Crippen molar-refractivity contribution in [2.75, 3.05) is 13.2 Å². The van der Waals surface area contributed by atoms with Crippen molar-refractivity contribution in [3.05, 3.63) is 24.3 Å². The Kier molecular flexibility index (Phi) is 44.0. The maximum absolute atomic E-state index is 13.0. The molecule has 0 radical (unpaired) electrons. The number of nitrogens with one attached hydrogen (secondary N) is 1. The topological polar surface area (TPSA) is 149 Å². The molecule has 0 aromatic carbocycles. The minimum absolute atomic E-state index is 0.182. The molecule has 1 saturated heterocycles. The van der Waals surface area contributed by atoms with Crippen molar-refractivity contribution < 1.29 is 39.8 Å². The van der Waals surface area contributed by atoms with Crippen molar-refractivity contribution in [3.8, 4) is 0 Å². The molecule has 6 N–H and O–H groups in total. The Labute approximate surface area is 400 Å². The van der Waals surface area contributed by atoms with Gasteiger partial charge in [0, 0.05) is 6.42 Å². The van der Waals surface area contributed by atoms with Crippen molar-refractivity contribution >= 4 is 5.91 Å². The van der Waals surface area contributed by atoms with Gasteiger partial charge in [-0.3, -0.25) is 4.79 Å². The van der Waals surface area contributed by atoms with E-state index in [1.807, 2.05) is 6.08 Å². The fourth-order valence-corrected chi connectivity index (χ4v) is 9.06. The third-order valence-corrected chi connectivity index (χ3v) is 13.5. The lowest BCUT2D eigenvalue weighted by atomic mass is 9.99. The van der Waals surface area contributed by atoms with Crippen molar-refractivity contribution in [2.24, 2.45) is 0 Å². The zero-order chi connectivity index (χ0) is 47.3. The molecular formula is C56H107NO8. The molecule has 1 amide bonds. The average Bonchev–Trinajstić information content (AvgIpc) is 3.31. The number of aliphatic hydroxyl groups excluding tert-OH is 5. The monoisotopic (exact) mass is 922 g/mol. The van der Waals surface area contributed by atoms with Crippen LogP contribution in [0.15, 0.2) is 24.3 Å². The summed E-state index contributed by atoms with van der Waals surface area (Å²) in [6.45, 7) is 3.79. The van der Waals surface area contributed by atoms with E-state index in [2.05, 4.69) is 31.3 Å². The van der Waals surface area contributed by atoms with Crippen LogP contribution < -0.4 is 5.32 Å². The Bertz CT molecular complexity index is 1070. The van der Waals surface area contributed by atoms with Crippen LogP contribution in [0.2, 0.25) is 0 Å². The molecule has 1 fully saturated rings. The number of hydrogen-bond donors (Lipinski definition) is 6. The van der Waals surface area contributed by atoms with Gasteiger partial charge in [0.05, 0.1) is 25.4 Å². The number of amides is 1. The van der Waals surface area contributed by atoms with E-state index >= 15 is 0 Å². The van der Waals surface area contributed by atoms with Gasteiger partial charge < -0.3 is 40.3 Å². The lowest BCUT2D eigenvalue weighted by Crippen LogP contribution is -2.60. The van der Waals surface area contributed by atoms with Gasteiger partial charge in [0.15, 0.2) is 6.29 Å². The number of rotatable bonds is 48. The Morgan fingerprint density at radius 2 is 0.877 bits per heavy atom. The SMILES string of the molecule is CCCCCCCCCCCCCCCCCCCCCC/C=C/CC/C=C/C(O)C(COC1OC(CO)C(O)C(O)C1O)NC(=O)CCCCCCCCCCCCCCCCCC. The average molecular weight is 922 g/mol.